The van der Waals surface area contributed by atoms with Gasteiger partial charge in [-0.25, -0.2) is 0 Å². The molecule has 1 saturated heterocycles. The van der Waals surface area contributed by atoms with Crippen LogP contribution in [0.2, 0.25) is 0 Å². The van der Waals surface area contributed by atoms with E-state index in [1.165, 1.54) is 37.9 Å². The first kappa shape index (κ1) is 23.0. The minimum absolute atomic E-state index is 0. The van der Waals surface area contributed by atoms with Crippen LogP contribution in [0.4, 0.5) is 0 Å². The van der Waals surface area contributed by atoms with E-state index in [9.17, 15) is 0 Å². The Morgan fingerprint density at radius 1 is 1.31 bits per heavy atom. The van der Waals surface area contributed by atoms with Crippen molar-refractivity contribution < 1.29 is 4.74 Å². The summed E-state index contributed by atoms with van der Waals surface area (Å²) in [7, 11) is 4.03. The number of halogens is 1. The van der Waals surface area contributed by atoms with Crippen molar-refractivity contribution in [1.82, 2.24) is 15.5 Å². The van der Waals surface area contributed by atoms with Crippen LogP contribution < -0.4 is 15.4 Å². The lowest BCUT2D eigenvalue weighted by molar-refractivity contribution is 0.212. The molecular weight excluding hydrogens is 439 g/mol. The molecule has 1 aliphatic heterocycles. The smallest absolute Gasteiger partial charge is 0.191 e. The van der Waals surface area contributed by atoms with Crippen LogP contribution in [0.5, 0.6) is 5.75 Å². The number of hydrogen-bond acceptors (Lipinski definition) is 3. The van der Waals surface area contributed by atoms with E-state index in [1.807, 2.05) is 19.2 Å². The Morgan fingerprint density at radius 2 is 2.04 bits per heavy atom. The summed E-state index contributed by atoms with van der Waals surface area (Å²) in [5.41, 5.74) is 1.21. The molecule has 6 heteroatoms. The number of benzene rings is 1. The van der Waals surface area contributed by atoms with E-state index < -0.39 is 0 Å². The second kappa shape index (κ2) is 12.4. The zero-order chi connectivity index (χ0) is 18.1. The monoisotopic (exact) mass is 474 g/mol. The van der Waals surface area contributed by atoms with Gasteiger partial charge in [0.25, 0.3) is 0 Å². The number of guanidine groups is 1. The van der Waals surface area contributed by atoms with Crippen LogP contribution in [-0.4, -0.2) is 57.2 Å². The number of aryl methyl sites for hydroxylation is 1. The molecule has 0 spiro atoms. The van der Waals surface area contributed by atoms with Gasteiger partial charge in [-0.1, -0.05) is 12.1 Å². The molecule has 2 N–H and O–H groups in total. The molecule has 0 bridgehead atoms. The second-order valence-electron chi connectivity index (χ2n) is 7.16. The predicted octanol–water partition coefficient (Wildman–Crippen LogP) is 3.28. The molecule has 1 aromatic carbocycles. The quantitative estimate of drug-likeness (QED) is 0.362. The van der Waals surface area contributed by atoms with Gasteiger partial charge in [-0.2, -0.15) is 0 Å². The normalized spacial score (nSPS) is 17.3. The highest BCUT2D eigenvalue weighted by atomic mass is 127. The molecule has 148 valence electrons. The van der Waals surface area contributed by atoms with Gasteiger partial charge in [-0.05, 0) is 76.9 Å². The molecule has 1 atom stereocenters. The average Bonchev–Trinajstić information content (AvgIpc) is 2.59. The van der Waals surface area contributed by atoms with Crippen molar-refractivity contribution in [3.05, 3.63) is 29.8 Å². The summed E-state index contributed by atoms with van der Waals surface area (Å²) in [4.78, 5) is 6.72. The van der Waals surface area contributed by atoms with Crippen LogP contribution in [0.15, 0.2) is 29.3 Å². The highest BCUT2D eigenvalue weighted by molar-refractivity contribution is 14.0. The van der Waals surface area contributed by atoms with Crippen molar-refractivity contribution >= 4 is 29.9 Å². The largest absolute Gasteiger partial charge is 0.489 e. The van der Waals surface area contributed by atoms with Crippen LogP contribution >= 0.6 is 24.0 Å². The fraction of sp³-hybridized carbons (Fsp3) is 0.650. The maximum Gasteiger partial charge on any atom is 0.191 e. The molecule has 26 heavy (non-hydrogen) atoms. The molecule has 0 radical (unpaired) electrons. The Labute approximate surface area is 176 Å². The summed E-state index contributed by atoms with van der Waals surface area (Å²) in [6.45, 7) is 8.30. The number of aliphatic imine (C=N–C) groups is 1. The van der Waals surface area contributed by atoms with Gasteiger partial charge in [-0.15, -0.1) is 24.0 Å². The highest BCUT2D eigenvalue weighted by Crippen LogP contribution is 2.18. The Bertz CT molecular complexity index is 544. The van der Waals surface area contributed by atoms with Crippen LogP contribution in [0, 0.1) is 12.8 Å². The first-order chi connectivity index (χ1) is 12.1. The molecule has 0 aliphatic carbocycles. The van der Waals surface area contributed by atoms with E-state index >= 15 is 0 Å². The summed E-state index contributed by atoms with van der Waals surface area (Å²) in [5.74, 6) is 2.61. The van der Waals surface area contributed by atoms with Gasteiger partial charge in [0.1, 0.15) is 11.9 Å². The number of nitrogens with one attached hydrogen (secondary N) is 2. The SMILES string of the molecule is CN=C(NCCC1CCN(C)CC1)NCC(C)Oc1cccc(C)c1.I. The van der Waals surface area contributed by atoms with Crippen LogP contribution in [0.1, 0.15) is 31.7 Å². The van der Waals surface area contributed by atoms with Crippen molar-refractivity contribution in [2.75, 3.05) is 40.3 Å². The van der Waals surface area contributed by atoms with Gasteiger partial charge in [0.15, 0.2) is 5.96 Å². The molecule has 0 aromatic heterocycles. The Hall–Kier alpha value is -1.02. The summed E-state index contributed by atoms with van der Waals surface area (Å²) in [6.07, 6.45) is 3.91. The van der Waals surface area contributed by atoms with Gasteiger partial charge in [0.2, 0.25) is 0 Å². The Kier molecular flexibility index (Phi) is 11.0. The minimum atomic E-state index is 0. The van der Waals surface area contributed by atoms with Gasteiger partial charge in [-0.3, -0.25) is 4.99 Å². The first-order valence-corrected chi connectivity index (χ1v) is 9.43. The molecule has 1 unspecified atom stereocenters. The van der Waals surface area contributed by atoms with E-state index in [1.54, 1.807) is 0 Å². The van der Waals surface area contributed by atoms with Crippen molar-refractivity contribution in [2.24, 2.45) is 10.9 Å². The third-order valence-electron chi connectivity index (χ3n) is 4.79. The molecular formula is C20H35IN4O. The van der Waals surface area contributed by atoms with Crippen molar-refractivity contribution in [3.8, 4) is 5.75 Å². The van der Waals surface area contributed by atoms with E-state index in [4.69, 9.17) is 4.74 Å². The third kappa shape index (κ3) is 8.58. The van der Waals surface area contributed by atoms with Gasteiger partial charge >= 0.3 is 0 Å². The lowest BCUT2D eigenvalue weighted by atomic mass is 9.94. The van der Waals surface area contributed by atoms with Gasteiger partial charge in [0, 0.05) is 13.6 Å². The van der Waals surface area contributed by atoms with E-state index in [2.05, 4.69) is 53.6 Å². The van der Waals surface area contributed by atoms with E-state index in [0.717, 1.165) is 30.7 Å². The molecule has 1 heterocycles. The molecule has 5 nitrogen and oxygen atoms in total. The predicted molar refractivity (Wildman–Crippen MR) is 121 cm³/mol. The third-order valence-corrected chi connectivity index (χ3v) is 4.79. The standard InChI is InChI=1S/C20H34N4O.HI/c1-16-6-5-7-19(14-16)25-17(2)15-23-20(21-3)22-11-8-18-9-12-24(4)13-10-18;/h5-7,14,17-18H,8-13,15H2,1-4H3,(H2,21,22,23);1H. The van der Waals surface area contributed by atoms with E-state index in [0.29, 0.717) is 0 Å². The molecule has 0 saturated carbocycles. The lowest BCUT2D eigenvalue weighted by Crippen LogP contribution is -2.42. The zero-order valence-corrected chi connectivity index (χ0v) is 19.0. The minimum Gasteiger partial charge on any atom is -0.489 e. The molecule has 1 aliphatic rings. The number of hydrogen-bond donors (Lipinski definition) is 2. The molecule has 0 amide bonds. The topological polar surface area (TPSA) is 48.9 Å². The fourth-order valence-corrected chi connectivity index (χ4v) is 3.17. The molecule has 2 rings (SSSR count). The van der Waals surface area contributed by atoms with Crippen molar-refractivity contribution in [3.63, 3.8) is 0 Å². The summed E-state index contributed by atoms with van der Waals surface area (Å²) < 4.78 is 5.95. The van der Waals surface area contributed by atoms with E-state index in [-0.39, 0.29) is 30.1 Å². The molecule has 1 aromatic rings. The second-order valence-corrected chi connectivity index (χ2v) is 7.16. The fourth-order valence-electron chi connectivity index (χ4n) is 3.17. The Balaban J connectivity index is 0.00000338. The number of ether oxygens (including phenoxy) is 1. The van der Waals surface area contributed by atoms with Crippen LogP contribution in [-0.2, 0) is 0 Å². The van der Waals surface area contributed by atoms with Crippen molar-refractivity contribution in [1.29, 1.82) is 0 Å². The lowest BCUT2D eigenvalue weighted by Gasteiger charge is -2.29. The summed E-state index contributed by atoms with van der Waals surface area (Å²) in [6, 6.07) is 8.16. The highest BCUT2D eigenvalue weighted by Gasteiger charge is 2.16. The number of piperidine rings is 1. The maximum absolute atomic E-state index is 5.95. The average molecular weight is 474 g/mol. The Morgan fingerprint density at radius 3 is 2.69 bits per heavy atom. The first-order valence-electron chi connectivity index (χ1n) is 9.43. The number of rotatable bonds is 7. The van der Waals surface area contributed by atoms with Crippen LogP contribution in [0.3, 0.4) is 0 Å². The van der Waals surface area contributed by atoms with Crippen molar-refractivity contribution in [2.45, 2.75) is 39.2 Å². The molecule has 1 fully saturated rings. The van der Waals surface area contributed by atoms with Gasteiger partial charge < -0.3 is 20.3 Å². The zero-order valence-electron chi connectivity index (χ0n) is 16.6. The van der Waals surface area contributed by atoms with Crippen LogP contribution in [0.25, 0.3) is 0 Å². The number of nitrogens with zero attached hydrogens (tertiary/aromatic N) is 2. The number of likely N-dealkylation sites (tertiary alicyclic amines) is 1. The summed E-state index contributed by atoms with van der Waals surface area (Å²) in [5, 5.41) is 6.78. The maximum atomic E-state index is 5.95. The summed E-state index contributed by atoms with van der Waals surface area (Å²) >= 11 is 0. The van der Waals surface area contributed by atoms with Gasteiger partial charge in [0.05, 0.1) is 6.54 Å².